The average molecular weight is 347 g/mol. The fraction of sp³-hybridized carbons (Fsp3) is 0.760. The number of benzene rings is 1. The maximum Gasteiger partial charge on any atom is -0.0219 e. The Balaban J connectivity index is 0.000000535. The van der Waals surface area contributed by atoms with Crippen LogP contribution in [0.1, 0.15) is 129 Å². The molecule has 1 rings (SSSR count). The lowest BCUT2D eigenvalue weighted by Gasteiger charge is -2.02. The number of hydrogen-bond donors (Lipinski definition) is 0. The van der Waals surface area contributed by atoms with Crippen molar-refractivity contribution in [2.24, 2.45) is 0 Å². The van der Waals surface area contributed by atoms with Crippen molar-refractivity contribution in [1.82, 2.24) is 0 Å². The third-order valence-electron chi connectivity index (χ3n) is 4.92. The van der Waals surface area contributed by atoms with E-state index in [0.717, 1.165) is 0 Å². The van der Waals surface area contributed by atoms with E-state index in [1.807, 2.05) is 6.07 Å². The minimum atomic E-state index is 0.659. The van der Waals surface area contributed by atoms with Gasteiger partial charge in [-0.25, -0.2) is 0 Å². The van der Waals surface area contributed by atoms with E-state index in [2.05, 4.69) is 52.0 Å². The zero-order valence-electron chi connectivity index (χ0n) is 17.9. The van der Waals surface area contributed by atoms with Crippen molar-refractivity contribution in [3.63, 3.8) is 0 Å². The third-order valence-corrected chi connectivity index (χ3v) is 4.92. The molecule has 25 heavy (non-hydrogen) atoms. The van der Waals surface area contributed by atoms with Crippen molar-refractivity contribution in [2.75, 3.05) is 0 Å². The largest absolute Gasteiger partial charge is 0.0654 e. The molecule has 0 amide bonds. The molecule has 0 aliphatic heterocycles. The molecule has 0 aliphatic carbocycles. The normalized spacial score (nSPS) is 10.6. The van der Waals surface area contributed by atoms with Crippen molar-refractivity contribution < 1.29 is 0 Å². The van der Waals surface area contributed by atoms with E-state index in [4.69, 9.17) is 0 Å². The summed E-state index contributed by atoms with van der Waals surface area (Å²) < 4.78 is 0. The third kappa shape index (κ3) is 17.8. The van der Waals surface area contributed by atoms with Crippen LogP contribution in [-0.4, -0.2) is 0 Å². The molecule has 146 valence electrons. The Morgan fingerprint density at radius 3 is 1.08 bits per heavy atom. The maximum absolute atomic E-state index is 2.29. The van der Waals surface area contributed by atoms with Gasteiger partial charge in [-0.2, -0.15) is 0 Å². The van der Waals surface area contributed by atoms with Crippen LogP contribution in [0.25, 0.3) is 0 Å². The van der Waals surface area contributed by atoms with Crippen LogP contribution in [0.5, 0.6) is 0 Å². The fourth-order valence-electron chi connectivity index (χ4n) is 3.11. The van der Waals surface area contributed by atoms with Gasteiger partial charge in [0, 0.05) is 0 Å². The molecule has 0 bridgehead atoms. The lowest BCUT2D eigenvalue weighted by atomic mass is 10.0. The molecular weight excluding hydrogens is 300 g/mol. The minimum Gasteiger partial charge on any atom is -0.0654 e. The summed E-state index contributed by atoms with van der Waals surface area (Å²) in [5.74, 6) is 0.659. The Bertz CT molecular complexity index is 324. The standard InChI is InChI=1S/C16H34.C9H12/c1-3-5-7-9-11-13-15-16-14-12-10-8-6-4-2;1-8(2)9-6-4-3-5-7-9/h3-16H2,1-2H3;3-8H,1-2H3. The second-order valence-corrected chi connectivity index (χ2v) is 7.81. The second-order valence-electron chi connectivity index (χ2n) is 7.81. The average Bonchev–Trinajstić information content (AvgIpc) is 2.64. The van der Waals surface area contributed by atoms with Gasteiger partial charge in [0.15, 0.2) is 0 Å². The van der Waals surface area contributed by atoms with E-state index in [-0.39, 0.29) is 0 Å². The lowest BCUT2D eigenvalue weighted by molar-refractivity contribution is 0.538. The van der Waals surface area contributed by atoms with Crippen molar-refractivity contribution in [1.29, 1.82) is 0 Å². The highest BCUT2D eigenvalue weighted by Crippen LogP contribution is 2.13. The maximum atomic E-state index is 2.29. The van der Waals surface area contributed by atoms with E-state index >= 15 is 0 Å². The van der Waals surface area contributed by atoms with Crippen LogP contribution >= 0.6 is 0 Å². The van der Waals surface area contributed by atoms with Crippen LogP contribution in [0.4, 0.5) is 0 Å². The van der Waals surface area contributed by atoms with Crippen LogP contribution in [0, 0.1) is 0 Å². The summed E-state index contributed by atoms with van der Waals surface area (Å²) in [5.41, 5.74) is 1.41. The number of hydrogen-bond acceptors (Lipinski definition) is 0. The van der Waals surface area contributed by atoms with Crippen LogP contribution < -0.4 is 0 Å². The van der Waals surface area contributed by atoms with Gasteiger partial charge >= 0.3 is 0 Å². The molecule has 0 aromatic heterocycles. The van der Waals surface area contributed by atoms with Crippen molar-refractivity contribution >= 4 is 0 Å². The quantitative estimate of drug-likeness (QED) is 0.294. The molecule has 0 heterocycles. The lowest BCUT2D eigenvalue weighted by Crippen LogP contribution is -1.83. The molecule has 0 aliphatic rings. The topological polar surface area (TPSA) is 0 Å². The summed E-state index contributed by atoms with van der Waals surface area (Å²) in [6.45, 7) is 8.99. The molecule has 0 unspecified atom stereocenters. The Morgan fingerprint density at radius 2 is 0.840 bits per heavy atom. The summed E-state index contributed by atoms with van der Waals surface area (Å²) in [6.07, 6.45) is 20.4. The van der Waals surface area contributed by atoms with E-state index in [0.29, 0.717) is 5.92 Å². The number of rotatable bonds is 14. The monoisotopic (exact) mass is 346 g/mol. The van der Waals surface area contributed by atoms with Gasteiger partial charge in [-0.1, -0.05) is 148 Å². The van der Waals surface area contributed by atoms with Gasteiger partial charge < -0.3 is 0 Å². The Kier molecular flexibility index (Phi) is 18.9. The first-order chi connectivity index (χ1) is 12.2. The molecule has 0 spiro atoms. The molecule has 0 heteroatoms. The summed E-state index contributed by atoms with van der Waals surface area (Å²) in [5, 5.41) is 0. The van der Waals surface area contributed by atoms with Gasteiger partial charge in [-0.05, 0) is 11.5 Å². The molecule has 0 atom stereocenters. The number of unbranched alkanes of at least 4 members (excludes halogenated alkanes) is 13. The predicted molar refractivity (Wildman–Crippen MR) is 117 cm³/mol. The minimum absolute atomic E-state index is 0.659. The molecule has 0 nitrogen and oxygen atoms in total. The van der Waals surface area contributed by atoms with Gasteiger partial charge in [0.1, 0.15) is 0 Å². The zero-order chi connectivity index (χ0) is 18.6. The predicted octanol–water partition coefficient (Wildman–Crippen LogP) is 9.30. The molecule has 0 N–H and O–H groups in total. The Hall–Kier alpha value is -0.780. The fourth-order valence-corrected chi connectivity index (χ4v) is 3.11. The highest BCUT2D eigenvalue weighted by atomic mass is 14.0. The zero-order valence-corrected chi connectivity index (χ0v) is 17.9. The van der Waals surface area contributed by atoms with Crippen molar-refractivity contribution in [3.8, 4) is 0 Å². The highest BCUT2D eigenvalue weighted by molar-refractivity contribution is 5.17. The molecule has 0 radical (unpaired) electrons. The van der Waals surface area contributed by atoms with Gasteiger partial charge in [0.05, 0.1) is 0 Å². The van der Waals surface area contributed by atoms with E-state index in [1.165, 1.54) is 95.5 Å². The summed E-state index contributed by atoms with van der Waals surface area (Å²) in [6, 6.07) is 10.5. The second kappa shape index (κ2) is 19.5. The van der Waals surface area contributed by atoms with Gasteiger partial charge in [-0.15, -0.1) is 0 Å². The Morgan fingerprint density at radius 1 is 0.520 bits per heavy atom. The van der Waals surface area contributed by atoms with Gasteiger partial charge in [0.2, 0.25) is 0 Å². The molecule has 1 aromatic rings. The first-order valence-corrected chi connectivity index (χ1v) is 11.3. The summed E-state index contributed by atoms with van der Waals surface area (Å²) in [4.78, 5) is 0. The molecule has 0 saturated heterocycles. The molecule has 0 saturated carbocycles. The van der Waals surface area contributed by atoms with Gasteiger partial charge in [-0.3, -0.25) is 0 Å². The van der Waals surface area contributed by atoms with Crippen LogP contribution in [0.3, 0.4) is 0 Å². The SMILES string of the molecule is CC(C)c1ccccc1.CCCCCCCCCCCCCCCC. The van der Waals surface area contributed by atoms with E-state index in [9.17, 15) is 0 Å². The van der Waals surface area contributed by atoms with Crippen LogP contribution in [-0.2, 0) is 0 Å². The first-order valence-electron chi connectivity index (χ1n) is 11.3. The van der Waals surface area contributed by atoms with Crippen LogP contribution in [0.2, 0.25) is 0 Å². The van der Waals surface area contributed by atoms with Gasteiger partial charge in [0.25, 0.3) is 0 Å². The summed E-state index contributed by atoms with van der Waals surface area (Å²) >= 11 is 0. The van der Waals surface area contributed by atoms with E-state index < -0.39 is 0 Å². The highest BCUT2D eigenvalue weighted by Gasteiger charge is 1.94. The molecule has 0 fully saturated rings. The van der Waals surface area contributed by atoms with Crippen molar-refractivity contribution in [2.45, 2.75) is 124 Å². The molecule has 1 aromatic carbocycles. The smallest absolute Gasteiger partial charge is 0.0219 e. The molecular formula is C25H46. The van der Waals surface area contributed by atoms with Crippen molar-refractivity contribution in [3.05, 3.63) is 35.9 Å². The first kappa shape index (κ1) is 24.2. The van der Waals surface area contributed by atoms with Crippen LogP contribution in [0.15, 0.2) is 30.3 Å². The Labute approximate surface area is 159 Å². The van der Waals surface area contributed by atoms with E-state index in [1.54, 1.807) is 0 Å². The summed E-state index contributed by atoms with van der Waals surface area (Å²) in [7, 11) is 0.